The Morgan fingerprint density at radius 2 is 1.84 bits per heavy atom. The van der Waals surface area contributed by atoms with Crippen molar-refractivity contribution in [3.05, 3.63) is 81.4 Å². The topological polar surface area (TPSA) is 86.5 Å². The van der Waals surface area contributed by atoms with Gasteiger partial charge < -0.3 is 4.74 Å². The molecular weight excluding hydrogens is 322 g/mol. The summed E-state index contributed by atoms with van der Waals surface area (Å²) in [5.41, 5.74) is 1.91. The fraction of sp³-hybridized carbons (Fsp3) is 0.158. The molecule has 128 valence electrons. The summed E-state index contributed by atoms with van der Waals surface area (Å²) in [4.78, 5) is 34.3. The zero-order valence-electron chi connectivity index (χ0n) is 13.8. The van der Waals surface area contributed by atoms with Crippen molar-refractivity contribution in [1.82, 2.24) is 0 Å². The largest absolute Gasteiger partial charge is 0.451 e. The van der Waals surface area contributed by atoms with E-state index in [1.165, 1.54) is 31.2 Å². The van der Waals surface area contributed by atoms with Gasteiger partial charge in [0.05, 0.1) is 4.92 Å². The molecule has 0 aliphatic heterocycles. The van der Waals surface area contributed by atoms with E-state index in [4.69, 9.17) is 4.74 Å². The van der Waals surface area contributed by atoms with Crippen LogP contribution < -0.4 is 0 Å². The monoisotopic (exact) mass is 339 g/mol. The maximum Gasteiger partial charge on any atom is 0.331 e. The number of nitrogens with zero attached hydrogens (tertiary/aromatic N) is 1. The number of hydrogen-bond donors (Lipinski definition) is 0. The molecule has 0 aromatic heterocycles. The predicted octanol–water partition coefficient (Wildman–Crippen LogP) is 3.73. The lowest BCUT2D eigenvalue weighted by Gasteiger charge is -2.11. The van der Waals surface area contributed by atoms with Crippen molar-refractivity contribution in [1.29, 1.82) is 0 Å². The number of hydrogen-bond acceptors (Lipinski definition) is 5. The lowest BCUT2D eigenvalue weighted by Crippen LogP contribution is -2.23. The van der Waals surface area contributed by atoms with Crippen molar-refractivity contribution in [3.63, 3.8) is 0 Å². The third-order valence-electron chi connectivity index (χ3n) is 3.49. The molecule has 0 heterocycles. The highest BCUT2D eigenvalue weighted by atomic mass is 16.6. The molecule has 0 N–H and O–H groups in total. The molecular formula is C19H17NO5. The fourth-order valence-electron chi connectivity index (χ4n) is 2.13. The standard InChI is InChI=1S/C19H17NO5/c1-13-6-9-16(10-7-13)19(22)14(2)25-18(21)11-8-15-4-3-5-17(12-15)20(23)24/h3-12,14H,1-2H3/b11-8+. The molecule has 2 aromatic carbocycles. The molecule has 1 atom stereocenters. The van der Waals surface area contributed by atoms with Crippen LogP contribution in [0.1, 0.15) is 28.4 Å². The molecule has 0 fully saturated rings. The minimum absolute atomic E-state index is 0.0709. The van der Waals surface area contributed by atoms with E-state index < -0.39 is 17.0 Å². The van der Waals surface area contributed by atoms with E-state index in [2.05, 4.69) is 0 Å². The van der Waals surface area contributed by atoms with E-state index >= 15 is 0 Å². The number of ketones is 1. The summed E-state index contributed by atoms with van der Waals surface area (Å²) in [7, 11) is 0. The Labute approximate surface area is 144 Å². The van der Waals surface area contributed by atoms with Crippen LogP contribution in [0.3, 0.4) is 0 Å². The first-order valence-corrected chi connectivity index (χ1v) is 7.61. The summed E-state index contributed by atoms with van der Waals surface area (Å²) in [6.45, 7) is 3.41. The van der Waals surface area contributed by atoms with Crippen LogP contribution in [0, 0.1) is 17.0 Å². The lowest BCUT2D eigenvalue weighted by atomic mass is 10.1. The maximum atomic E-state index is 12.2. The van der Waals surface area contributed by atoms with Crippen molar-refractivity contribution in [3.8, 4) is 0 Å². The van der Waals surface area contributed by atoms with Crippen molar-refractivity contribution in [2.75, 3.05) is 0 Å². The minimum Gasteiger partial charge on any atom is -0.451 e. The van der Waals surface area contributed by atoms with Crippen molar-refractivity contribution >= 4 is 23.5 Å². The highest BCUT2D eigenvalue weighted by molar-refractivity contribution is 6.01. The van der Waals surface area contributed by atoms with Crippen LogP contribution in [0.2, 0.25) is 0 Å². The van der Waals surface area contributed by atoms with Gasteiger partial charge in [0.25, 0.3) is 5.69 Å². The number of nitro benzene ring substituents is 1. The van der Waals surface area contributed by atoms with Gasteiger partial charge in [-0.15, -0.1) is 0 Å². The quantitative estimate of drug-likeness (QED) is 0.263. The average molecular weight is 339 g/mol. The number of nitro groups is 1. The van der Waals surface area contributed by atoms with Crippen molar-refractivity contribution in [2.45, 2.75) is 20.0 Å². The number of esters is 1. The van der Waals surface area contributed by atoms with Crippen LogP contribution in [0.15, 0.2) is 54.6 Å². The number of carbonyl (C=O) groups is 2. The molecule has 0 radical (unpaired) electrons. The maximum absolute atomic E-state index is 12.2. The highest BCUT2D eigenvalue weighted by Crippen LogP contribution is 2.14. The average Bonchev–Trinajstić information content (AvgIpc) is 2.60. The number of rotatable bonds is 6. The van der Waals surface area contributed by atoms with Crippen LogP contribution in [0.5, 0.6) is 0 Å². The van der Waals surface area contributed by atoms with Crippen molar-refractivity contribution in [2.24, 2.45) is 0 Å². The Kier molecular flexibility index (Phi) is 5.79. The van der Waals surface area contributed by atoms with E-state index in [0.29, 0.717) is 11.1 Å². The molecule has 6 heteroatoms. The Bertz CT molecular complexity index is 824. The van der Waals surface area contributed by atoms with Crippen LogP contribution >= 0.6 is 0 Å². The smallest absolute Gasteiger partial charge is 0.331 e. The van der Waals surface area contributed by atoms with Crippen LogP contribution in [-0.4, -0.2) is 22.8 Å². The van der Waals surface area contributed by atoms with Gasteiger partial charge in [-0.3, -0.25) is 14.9 Å². The zero-order valence-corrected chi connectivity index (χ0v) is 13.8. The summed E-state index contributed by atoms with van der Waals surface area (Å²) < 4.78 is 5.09. The van der Waals surface area contributed by atoms with Gasteiger partial charge in [-0.1, -0.05) is 42.0 Å². The van der Waals surface area contributed by atoms with E-state index in [1.54, 1.807) is 18.2 Å². The summed E-state index contributed by atoms with van der Waals surface area (Å²) >= 11 is 0. The Hall–Kier alpha value is -3.28. The lowest BCUT2D eigenvalue weighted by molar-refractivity contribution is -0.384. The first kappa shape index (κ1) is 18.1. The van der Waals surface area contributed by atoms with Crippen molar-refractivity contribution < 1.29 is 19.2 Å². The number of carbonyl (C=O) groups excluding carboxylic acids is 2. The Morgan fingerprint density at radius 3 is 2.48 bits per heavy atom. The molecule has 0 aliphatic rings. The van der Waals surface area contributed by atoms with Gasteiger partial charge >= 0.3 is 5.97 Å². The number of ether oxygens (including phenoxy) is 1. The summed E-state index contributed by atoms with van der Waals surface area (Å²) in [5, 5.41) is 10.7. The number of non-ortho nitro benzene ring substituents is 1. The van der Waals surface area contributed by atoms with Gasteiger partial charge in [-0.05, 0) is 25.5 Å². The zero-order chi connectivity index (χ0) is 18.4. The van der Waals surface area contributed by atoms with E-state index in [9.17, 15) is 19.7 Å². The summed E-state index contributed by atoms with van der Waals surface area (Å²) in [6.07, 6.45) is 1.61. The van der Waals surface area contributed by atoms with Crippen LogP contribution in [0.25, 0.3) is 6.08 Å². The predicted molar refractivity (Wildman–Crippen MR) is 93.2 cm³/mol. The van der Waals surface area contributed by atoms with Gasteiger partial charge in [0.1, 0.15) is 0 Å². The molecule has 0 bridgehead atoms. The molecule has 0 spiro atoms. The third kappa shape index (κ3) is 5.10. The third-order valence-corrected chi connectivity index (χ3v) is 3.49. The second-order valence-corrected chi connectivity index (χ2v) is 5.49. The van der Waals surface area contributed by atoms with E-state index in [-0.39, 0.29) is 11.5 Å². The number of Topliss-reactive ketones (excluding diaryl/α,β-unsaturated/α-hetero) is 1. The number of benzene rings is 2. The van der Waals surface area contributed by atoms with Gasteiger partial charge in [-0.2, -0.15) is 0 Å². The Morgan fingerprint density at radius 1 is 1.16 bits per heavy atom. The minimum atomic E-state index is -0.926. The van der Waals surface area contributed by atoms with Gasteiger partial charge in [-0.25, -0.2) is 4.79 Å². The second-order valence-electron chi connectivity index (χ2n) is 5.49. The summed E-state index contributed by atoms with van der Waals surface area (Å²) in [6, 6.07) is 12.8. The van der Waals surface area contributed by atoms with Gasteiger partial charge in [0.15, 0.2) is 6.10 Å². The van der Waals surface area contributed by atoms with E-state index in [1.807, 2.05) is 19.1 Å². The molecule has 2 rings (SSSR count). The second kappa shape index (κ2) is 8.01. The number of aryl methyl sites for hydroxylation is 1. The summed E-state index contributed by atoms with van der Waals surface area (Å²) in [5.74, 6) is -0.989. The molecule has 0 saturated heterocycles. The van der Waals surface area contributed by atoms with Crippen LogP contribution in [0.4, 0.5) is 5.69 Å². The normalized spacial score (nSPS) is 11.9. The molecule has 1 unspecified atom stereocenters. The van der Waals surface area contributed by atoms with Crippen LogP contribution in [-0.2, 0) is 9.53 Å². The van der Waals surface area contributed by atoms with Gasteiger partial charge in [0.2, 0.25) is 5.78 Å². The van der Waals surface area contributed by atoms with Gasteiger partial charge in [0, 0.05) is 23.8 Å². The molecule has 0 saturated carbocycles. The highest BCUT2D eigenvalue weighted by Gasteiger charge is 2.18. The van der Waals surface area contributed by atoms with E-state index in [0.717, 1.165) is 11.6 Å². The Balaban J connectivity index is 1.99. The first-order chi connectivity index (χ1) is 11.9. The molecule has 25 heavy (non-hydrogen) atoms. The first-order valence-electron chi connectivity index (χ1n) is 7.61. The molecule has 0 aliphatic carbocycles. The molecule has 0 amide bonds. The fourth-order valence-corrected chi connectivity index (χ4v) is 2.13. The SMILES string of the molecule is Cc1ccc(C(=O)C(C)OC(=O)/C=C/c2cccc([N+](=O)[O-])c2)cc1. The molecule has 6 nitrogen and oxygen atoms in total. The molecule has 2 aromatic rings.